The van der Waals surface area contributed by atoms with Crippen LogP contribution in [-0.4, -0.2) is 169 Å². The smallest absolute Gasteiger partial charge is 0.326 e. The molecule has 7 atom stereocenters. The number of aliphatic carboxylic acids is 6. The van der Waals surface area contributed by atoms with Gasteiger partial charge in [0.1, 0.15) is 41.7 Å². The second kappa shape index (κ2) is 26.7. The zero-order chi connectivity index (χ0) is 52.2. The summed E-state index contributed by atoms with van der Waals surface area (Å²) in [5.41, 5.74) is 6.23. The highest BCUT2D eigenvalue weighted by Gasteiger charge is 2.34. The van der Waals surface area contributed by atoms with Gasteiger partial charge in [-0.15, -0.1) is 0 Å². The van der Waals surface area contributed by atoms with Gasteiger partial charge in [-0.1, -0.05) is 0 Å². The van der Waals surface area contributed by atoms with Gasteiger partial charge in [0.25, 0.3) is 5.91 Å². The second-order valence-corrected chi connectivity index (χ2v) is 15.6. The number of anilines is 1. The van der Waals surface area contributed by atoms with E-state index in [1.165, 1.54) is 29.2 Å². The van der Waals surface area contributed by atoms with Gasteiger partial charge in [0, 0.05) is 56.4 Å². The third kappa shape index (κ3) is 18.3. The number of carboxylic acid groups (broad SMARTS) is 6. The number of benzene rings is 1. The highest BCUT2D eigenvalue weighted by atomic mass is 16.4. The number of hydrogen-bond acceptors (Lipinski definition) is 18. The number of aliphatic imine (C=N–C) groups is 1. The zero-order valence-corrected chi connectivity index (χ0v) is 36.9. The van der Waals surface area contributed by atoms with Crippen molar-refractivity contribution in [2.24, 2.45) is 10.7 Å². The topological polar surface area (TPSA) is 484 Å². The van der Waals surface area contributed by atoms with Crippen LogP contribution in [0.5, 0.6) is 0 Å². The molecule has 30 heteroatoms. The molecule has 2 heterocycles. The summed E-state index contributed by atoms with van der Waals surface area (Å²) in [5, 5.41) is 85.9. The second-order valence-electron chi connectivity index (χ2n) is 15.6. The molecule has 0 spiro atoms. The molecular formula is C40H53N11O19. The van der Waals surface area contributed by atoms with E-state index in [-0.39, 0.29) is 18.1 Å². The van der Waals surface area contributed by atoms with Crippen LogP contribution in [0.2, 0.25) is 0 Å². The van der Waals surface area contributed by atoms with E-state index in [0.29, 0.717) is 30.2 Å². The Hall–Kier alpha value is -8.57. The molecule has 382 valence electrons. The monoisotopic (exact) mass is 991 g/mol. The van der Waals surface area contributed by atoms with E-state index in [4.69, 9.17) is 10.8 Å². The van der Waals surface area contributed by atoms with E-state index in [0.717, 1.165) is 0 Å². The van der Waals surface area contributed by atoms with Crippen molar-refractivity contribution in [1.29, 1.82) is 0 Å². The van der Waals surface area contributed by atoms with Crippen molar-refractivity contribution in [3.05, 3.63) is 41.3 Å². The molecule has 2 aliphatic heterocycles. The van der Waals surface area contributed by atoms with Crippen LogP contribution < -0.4 is 53.2 Å². The summed E-state index contributed by atoms with van der Waals surface area (Å²) in [4.78, 5) is 153. The van der Waals surface area contributed by atoms with Crippen LogP contribution >= 0.6 is 0 Å². The number of hydrogen-bond donors (Lipinski definition) is 16. The third-order valence-corrected chi connectivity index (χ3v) is 10.3. The Bertz CT molecular complexity index is 2240. The molecule has 17 N–H and O–H groups in total. The van der Waals surface area contributed by atoms with Gasteiger partial charge in [0.2, 0.25) is 30.0 Å². The van der Waals surface area contributed by atoms with E-state index in [1.807, 2.05) is 5.32 Å². The predicted octanol–water partition coefficient (Wildman–Crippen LogP) is -4.94. The first kappa shape index (κ1) is 55.8. The maximum absolute atomic E-state index is 13.5. The normalized spacial score (nSPS) is 17.0. The van der Waals surface area contributed by atoms with Crippen LogP contribution in [0.4, 0.5) is 5.69 Å². The highest BCUT2D eigenvalue weighted by Crippen LogP contribution is 2.18. The molecule has 30 nitrogen and oxygen atoms in total. The molecule has 3 rings (SSSR count). The van der Waals surface area contributed by atoms with Gasteiger partial charge in [-0.2, -0.15) is 0 Å². The van der Waals surface area contributed by atoms with Crippen molar-refractivity contribution in [2.45, 2.75) is 107 Å². The fourth-order valence-corrected chi connectivity index (χ4v) is 6.69. The molecule has 0 radical (unpaired) electrons. The number of aliphatic hydroxyl groups is 1. The molecule has 1 aromatic carbocycles. The molecule has 1 unspecified atom stereocenters. The van der Waals surface area contributed by atoms with Crippen molar-refractivity contribution < 1.29 is 93.3 Å². The SMILES string of the molecule is NC1=NC(O)C2=C(NC[C@H](CN(C=O)c3ccc(C(=O)N[C@H](CCC(=O)N[C@H](CCC(=O)O)C(=O)N[C@@H](CCC(=O)O)C(=O)N[C@H](CCC(=O)O)C(=O)N[C@@H](CCC(=O)O)C(=O)O)C(=O)O)cc3)N2)N1. The molecule has 6 amide bonds. The molecule has 2 aliphatic rings. The van der Waals surface area contributed by atoms with E-state index in [9.17, 15) is 88.2 Å². The number of nitrogens with one attached hydrogen (secondary N) is 8. The minimum Gasteiger partial charge on any atom is -0.481 e. The largest absolute Gasteiger partial charge is 0.481 e. The first-order valence-electron chi connectivity index (χ1n) is 21.2. The molecule has 0 saturated heterocycles. The van der Waals surface area contributed by atoms with Crippen LogP contribution in [0.25, 0.3) is 0 Å². The molecule has 0 bridgehead atoms. The average Bonchev–Trinajstić information content (AvgIpc) is 3.29. The number of carbonyl (C=O) groups is 12. The minimum atomic E-state index is -1.87. The zero-order valence-electron chi connectivity index (χ0n) is 36.9. The van der Waals surface area contributed by atoms with Gasteiger partial charge < -0.3 is 88.9 Å². The van der Waals surface area contributed by atoms with Gasteiger partial charge in [-0.25, -0.2) is 14.6 Å². The van der Waals surface area contributed by atoms with E-state index < -0.39 is 172 Å². The summed E-state index contributed by atoms with van der Waals surface area (Å²) in [6.45, 7) is 0.389. The Labute approximate surface area is 395 Å². The number of carbonyl (C=O) groups excluding carboxylic acids is 6. The number of nitrogens with two attached hydrogens (primary N) is 1. The standard InChI is InChI=1S/C40H53N11O19/c41-40-49-32-31(37(66)50-40)43-19(15-42-32)16-51(17-52)20-3-1-18(2-4-20)33(62)47-24(38(67)68)5-10-26(53)44-21(6-11-27(54)55)34(63)45-22(7-12-28(56)57)35(64)46-23(8-13-29(58)59)36(65)48-25(39(69)70)9-14-30(60)61/h1-4,17,19,21-25,37,42-43,66H,5-16H2,(H,44,53)(H,45,63)(H,46,64)(H,47,62)(H,48,65)(H,54,55)(H,56,57)(H,58,59)(H,60,61)(H,67,68)(H,69,70)(H3,41,49,50)/t19-,21-,22+,23-,24-,25+,37?/m1/s1. The highest BCUT2D eigenvalue weighted by molar-refractivity contribution is 5.98. The molecule has 0 saturated carbocycles. The molecule has 1 aromatic rings. The number of aliphatic hydroxyl groups excluding tert-OH is 1. The number of amides is 6. The lowest BCUT2D eigenvalue weighted by atomic mass is 10.0. The summed E-state index contributed by atoms with van der Waals surface area (Å²) in [6.07, 6.45) is -7.67. The Morgan fingerprint density at radius 1 is 0.643 bits per heavy atom. The lowest BCUT2D eigenvalue weighted by Crippen LogP contribution is -2.58. The van der Waals surface area contributed by atoms with Crippen molar-refractivity contribution in [3.8, 4) is 0 Å². The third-order valence-electron chi connectivity index (χ3n) is 10.3. The fourth-order valence-electron chi connectivity index (χ4n) is 6.69. The van der Waals surface area contributed by atoms with Gasteiger partial charge >= 0.3 is 35.8 Å². The number of guanidine groups is 1. The van der Waals surface area contributed by atoms with Crippen LogP contribution in [-0.2, 0) is 52.7 Å². The van der Waals surface area contributed by atoms with E-state index >= 15 is 0 Å². The number of rotatable bonds is 30. The fraction of sp³-hybridized carbons (Fsp3) is 0.475. The summed E-state index contributed by atoms with van der Waals surface area (Å²) >= 11 is 0. The van der Waals surface area contributed by atoms with E-state index in [1.54, 1.807) is 0 Å². The van der Waals surface area contributed by atoms with Crippen LogP contribution in [0.3, 0.4) is 0 Å². The Kier molecular flexibility index (Phi) is 21.3. The molecular weight excluding hydrogens is 938 g/mol. The van der Waals surface area contributed by atoms with Crippen LogP contribution in [0.1, 0.15) is 74.6 Å². The quantitative estimate of drug-likeness (QED) is 0.0321. The summed E-state index contributed by atoms with van der Waals surface area (Å²) in [5.74, 6) is -14.4. The predicted molar refractivity (Wildman–Crippen MR) is 234 cm³/mol. The summed E-state index contributed by atoms with van der Waals surface area (Å²) < 4.78 is 0. The number of carboxylic acids is 6. The van der Waals surface area contributed by atoms with Crippen molar-refractivity contribution in [1.82, 2.24) is 42.5 Å². The first-order chi connectivity index (χ1) is 33.0. The van der Waals surface area contributed by atoms with Gasteiger partial charge in [-0.3, -0.25) is 47.9 Å². The molecule has 0 aliphatic carbocycles. The maximum atomic E-state index is 13.5. The summed E-state index contributed by atoms with van der Waals surface area (Å²) in [6, 6.07) is -3.98. The summed E-state index contributed by atoms with van der Waals surface area (Å²) in [7, 11) is 0. The minimum absolute atomic E-state index is 0.00190. The Morgan fingerprint density at radius 2 is 1.07 bits per heavy atom. The number of nitrogens with zero attached hydrogens (tertiary/aromatic N) is 2. The van der Waals surface area contributed by atoms with E-state index in [2.05, 4.69) is 42.2 Å². The van der Waals surface area contributed by atoms with Crippen LogP contribution in [0, 0.1) is 0 Å². The Morgan fingerprint density at radius 3 is 1.53 bits per heavy atom. The molecule has 70 heavy (non-hydrogen) atoms. The average molecular weight is 992 g/mol. The van der Waals surface area contributed by atoms with Crippen molar-refractivity contribution >= 4 is 83.4 Å². The first-order valence-corrected chi connectivity index (χ1v) is 21.2. The lowest BCUT2D eigenvalue weighted by molar-refractivity contribution is -0.144. The van der Waals surface area contributed by atoms with Crippen molar-refractivity contribution in [2.75, 3.05) is 18.0 Å². The molecule has 0 aromatic heterocycles. The van der Waals surface area contributed by atoms with Crippen LogP contribution in [0.15, 0.2) is 40.8 Å². The lowest BCUT2D eigenvalue weighted by Gasteiger charge is -2.35. The maximum Gasteiger partial charge on any atom is 0.326 e. The van der Waals surface area contributed by atoms with Gasteiger partial charge in [0.05, 0.1) is 6.04 Å². The van der Waals surface area contributed by atoms with Gasteiger partial charge in [0.15, 0.2) is 12.2 Å². The van der Waals surface area contributed by atoms with Crippen molar-refractivity contribution in [3.63, 3.8) is 0 Å². The molecule has 0 fully saturated rings. The van der Waals surface area contributed by atoms with Gasteiger partial charge in [-0.05, 0) is 56.4 Å². The Balaban J connectivity index is 1.68.